The molecule has 0 aliphatic carbocycles. The molecule has 0 aromatic heterocycles. The molecule has 0 aliphatic rings. The Balaban J connectivity index is 4.36. The van der Waals surface area contributed by atoms with Crippen LogP contribution in [0.1, 0.15) is 0 Å². The van der Waals surface area contributed by atoms with E-state index in [1.807, 2.05) is 18.2 Å². The second kappa shape index (κ2) is 8.65. The molecule has 0 aliphatic heterocycles. The highest BCUT2D eigenvalue weighted by atomic mass is 28.4. The minimum atomic E-state index is -1.77. The maximum atomic E-state index is 5.99. The summed E-state index contributed by atoms with van der Waals surface area (Å²) in [5, 5.41) is 0. The van der Waals surface area contributed by atoms with Gasteiger partial charge in [-0.1, -0.05) is 18.2 Å². The van der Waals surface area contributed by atoms with Crippen molar-refractivity contribution in [2.75, 3.05) is 20.3 Å². The lowest BCUT2D eigenvalue weighted by atomic mass is 10.7. The molecule has 3 heteroatoms. The predicted octanol–water partition coefficient (Wildman–Crippen LogP) is 3.15. The van der Waals surface area contributed by atoms with Gasteiger partial charge in [0, 0.05) is 7.11 Å². The molecular formula is C12H22O2Si. The van der Waals surface area contributed by atoms with Crippen molar-refractivity contribution in [1.82, 2.24) is 0 Å². The van der Waals surface area contributed by atoms with Gasteiger partial charge in [-0.25, -0.2) is 0 Å². The fourth-order valence-corrected chi connectivity index (χ4v) is 4.51. The summed E-state index contributed by atoms with van der Waals surface area (Å²) >= 11 is 0. The highest BCUT2D eigenvalue weighted by Gasteiger charge is 2.30. The van der Waals surface area contributed by atoms with E-state index in [0.29, 0.717) is 13.2 Å². The van der Waals surface area contributed by atoms with Crippen LogP contribution in [0.15, 0.2) is 38.0 Å². The van der Waals surface area contributed by atoms with Crippen molar-refractivity contribution in [2.45, 2.75) is 18.1 Å². The van der Waals surface area contributed by atoms with Gasteiger partial charge in [-0.15, -0.1) is 19.7 Å². The van der Waals surface area contributed by atoms with Gasteiger partial charge in [-0.05, 0) is 18.1 Å². The Morgan fingerprint density at radius 3 is 1.73 bits per heavy atom. The standard InChI is InChI=1S/C12H22O2Si/c1-5-10-15(11-6-2,12-7-3)14-9-8-13-4/h5-7H,1-3,8-12H2,4H3. The minimum Gasteiger partial charge on any atom is -0.414 e. The van der Waals surface area contributed by atoms with Crippen LogP contribution in [0.5, 0.6) is 0 Å². The summed E-state index contributed by atoms with van der Waals surface area (Å²) < 4.78 is 11.0. The number of hydrogen-bond donors (Lipinski definition) is 0. The first-order valence-electron chi connectivity index (χ1n) is 5.20. The van der Waals surface area contributed by atoms with Crippen molar-refractivity contribution in [3.05, 3.63) is 38.0 Å². The Bertz CT molecular complexity index is 175. The molecule has 0 aromatic carbocycles. The first-order chi connectivity index (χ1) is 7.24. The van der Waals surface area contributed by atoms with Gasteiger partial charge in [-0.2, -0.15) is 0 Å². The zero-order valence-corrected chi connectivity index (χ0v) is 10.7. The van der Waals surface area contributed by atoms with Gasteiger partial charge in [0.2, 0.25) is 8.32 Å². The molecule has 0 bridgehead atoms. The normalized spacial score (nSPS) is 11.0. The van der Waals surface area contributed by atoms with Crippen LogP contribution >= 0.6 is 0 Å². The van der Waals surface area contributed by atoms with E-state index in [-0.39, 0.29) is 0 Å². The van der Waals surface area contributed by atoms with Gasteiger partial charge >= 0.3 is 0 Å². The van der Waals surface area contributed by atoms with Gasteiger partial charge in [-0.3, -0.25) is 0 Å². The number of ether oxygens (including phenoxy) is 1. The molecule has 0 unspecified atom stereocenters. The molecular weight excluding hydrogens is 204 g/mol. The van der Waals surface area contributed by atoms with Crippen molar-refractivity contribution in [1.29, 1.82) is 0 Å². The Labute approximate surface area is 94.4 Å². The lowest BCUT2D eigenvalue weighted by Crippen LogP contribution is -2.37. The summed E-state index contributed by atoms with van der Waals surface area (Å²) in [4.78, 5) is 0. The van der Waals surface area contributed by atoms with Crippen LogP contribution in [0.25, 0.3) is 0 Å². The summed E-state index contributed by atoms with van der Waals surface area (Å²) in [6.07, 6.45) is 5.81. The molecule has 0 fully saturated rings. The third kappa shape index (κ3) is 5.72. The molecule has 0 saturated carbocycles. The Kier molecular flexibility index (Phi) is 8.28. The zero-order chi connectivity index (χ0) is 11.6. The van der Waals surface area contributed by atoms with Crippen LogP contribution in [-0.4, -0.2) is 28.6 Å². The van der Waals surface area contributed by atoms with E-state index in [9.17, 15) is 0 Å². The van der Waals surface area contributed by atoms with E-state index in [1.165, 1.54) is 0 Å². The molecule has 0 aromatic rings. The van der Waals surface area contributed by atoms with E-state index < -0.39 is 8.32 Å². The van der Waals surface area contributed by atoms with Crippen LogP contribution in [0, 0.1) is 0 Å². The fourth-order valence-electron chi connectivity index (χ4n) is 1.56. The molecule has 86 valence electrons. The maximum absolute atomic E-state index is 5.99. The van der Waals surface area contributed by atoms with Gasteiger partial charge in [0.1, 0.15) is 0 Å². The average Bonchev–Trinajstić information content (AvgIpc) is 2.19. The van der Waals surface area contributed by atoms with E-state index in [2.05, 4.69) is 19.7 Å². The molecule has 0 saturated heterocycles. The van der Waals surface area contributed by atoms with Crippen molar-refractivity contribution < 1.29 is 9.16 Å². The zero-order valence-electron chi connectivity index (χ0n) is 9.71. The van der Waals surface area contributed by atoms with Crippen molar-refractivity contribution >= 4 is 8.32 Å². The van der Waals surface area contributed by atoms with E-state index >= 15 is 0 Å². The minimum absolute atomic E-state index is 0.639. The van der Waals surface area contributed by atoms with Crippen LogP contribution in [-0.2, 0) is 9.16 Å². The molecule has 0 spiro atoms. The quantitative estimate of drug-likeness (QED) is 0.324. The number of allylic oxidation sites excluding steroid dienone is 3. The largest absolute Gasteiger partial charge is 0.414 e. The first kappa shape index (κ1) is 14.4. The smallest absolute Gasteiger partial charge is 0.203 e. The van der Waals surface area contributed by atoms with Gasteiger partial charge in [0.05, 0.1) is 13.2 Å². The summed E-state index contributed by atoms with van der Waals surface area (Å²) in [5.41, 5.74) is 0. The van der Waals surface area contributed by atoms with Gasteiger partial charge in [0.25, 0.3) is 0 Å². The summed E-state index contributed by atoms with van der Waals surface area (Å²) in [6, 6.07) is 2.82. The van der Waals surface area contributed by atoms with Crippen LogP contribution < -0.4 is 0 Å². The Hall–Kier alpha value is -0.643. The van der Waals surface area contributed by atoms with Crippen molar-refractivity contribution in [2.24, 2.45) is 0 Å². The molecule has 0 radical (unpaired) electrons. The maximum Gasteiger partial charge on any atom is 0.203 e. The second-order valence-electron chi connectivity index (χ2n) is 3.50. The SMILES string of the molecule is C=CC[Si](CC=C)(CC=C)OCCOC. The number of methoxy groups -OCH3 is 1. The van der Waals surface area contributed by atoms with Crippen molar-refractivity contribution in [3.63, 3.8) is 0 Å². The Morgan fingerprint density at radius 1 is 0.933 bits per heavy atom. The fraction of sp³-hybridized carbons (Fsp3) is 0.500. The predicted molar refractivity (Wildman–Crippen MR) is 68.6 cm³/mol. The summed E-state index contributed by atoms with van der Waals surface area (Å²) in [7, 11) is -0.0853. The Morgan fingerprint density at radius 2 is 1.40 bits per heavy atom. The summed E-state index contributed by atoms with van der Waals surface area (Å²) in [6.45, 7) is 12.7. The van der Waals surface area contributed by atoms with Crippen LogP contribution in [0.4, 0.5) is 0 Å². The highest BCUT2D eigenvalue weighted by molar-refractivity contribution is 6.75. The van der Waals surface area contributed by atoms with Crippen molar-refractivity contribution in [3.8, 4) is 0 Å². The number of rotatable bonds is 10. The molecule has 2 nitrogen and oxygen atoms in total. The lowest BCUT2D eigenvalue weighted by Gasteiger charge is -2.28. The third-order valence-electron chi connectivity index (χ3n) is 2.24. The molecule has 0 rings (SSSR count). The molecule has 0 heterocycles. The van der Waals surface area contributed by atoms with Gasteiger partial charge < -0.3 is 9.16 Å². The second-order valence-corrected chi connectivity index (χ2v) is 7.38. The first-order valence-corrected chi connectivity index (χ1v) is 7.73. The monoisotopic (exact) mass is 226 g/mol. The third-order valence-corrected chi connectivity index (χ3v) is 6.16. The highest BCUT2D eigenvalue weighted by Crippen LogP contribution is 2.23. The van der Waals surface area contributed by atoms with Gasteiger partial charge in [0.15, 0.2) is 0 Å². The molecule has 15 heavy (non-hydrogen) atoms. The van der Waals surface area contributed by atoms with Crippen LogP contribution in [0.2, 0.25) is 18.1 Å². The molecule has 0 amide bonds. The molecule has 0 atom stereocenters. The summed E-state index contributed by atoms with van der Waals surface area (Å²) in [5.74, 6) is 0. The topological polar surface area (TPSA) is 18.5 Å². The van der Waals surface area contributed by atoms with E-state index in [0.717, 1.165) is 18.1 Å². The van der Waals surface area contributed by atoms with E-state index in [4.69, 9.17) is 9.16 Å². The van der Waals surface area contributed by atoms with Crippen LogP contribution in [0.3, 0.4) is 0 Å². The van der Waals surface area contributed by atoms with E-state index in [1.54, 1.807) is 7.11 Å². The molecule has 0 N–H and O–H groups in total. The lowest BCUT2D eigenvalue weighted by molar-refractivity contribution is 0.141. The average molecular weight is 226 g/mol. The number of hydrogen-bond acceptors (Lipinski definition) is 2.